The van der Waals surface area contributed by atoms with E-state index in [0.717, 1.165) is 19.3 Å². The molecule has 0 aliphatic carbocycles. The molecule has 2 heterocycles. The van der Waals surface area contributed by atoms with Crippen molar-refractivity contribution in [2.45, 2.75) is 37.7 Å². The van der Waals surface area contributed by atoms with Gasteiger partial charge >= 0.3 is 0 Å². The molecule has 1 saturated heterocycles. The first-order valence-corrected chi connectivity index (χ1v) is 12.8. The maximum Gasteiger partial charge on any atom is 0.291 e. The average Bonchev–Trinajstić information content (AvgIpc) is 3.21. The summed E-state index contributed by atoms with van der Waals surface area (Å²) in [6.07, 6.45) is 3.11. The van der Waals surface area contributed by atoms with E-state index in [1.165, 1.54) is 40.7 Å². The molecule has 1 amide bonds. The summed E-state index contributed by atoms with van der Waals surface area (Å²) in [5, 5.41) is 2.34. The molecule has 9 nitrogen and oxygen atoms in total. The lowest BCUT2D eigenvalue weighted by Crippen LogP contribution is -2.35. The zero-order valence-electron chi connectivity index (χ0n) is 16.6. The van der Waals surface area contributed by atoms with Gasteiger partial charge in [-0.3, -0.25) is 9.52 Å². The lowest BCUT2D eigenvalue weighted by molar-refractivity contribution is 0.0991. The van der Waals surface area contributed by atoms with Crippen molar-refractivity contribution in [2.75, 3.05) is 28.9 Å². The van der Waals surface area contributed by atoms with E-state index < -0.39 is 26.0 Å². The molecule has 0 spiro atoms. The number of hydrogen-bond acceptors (Lipinski definition) is 6. The van der Waals surface area contributed by atoms with Crippen LogP contribution in [0.3, 0.4) is 0 Å². The summed E-state index contributed by atoms with van der Waals surface area (Å²) in [6.45, 7) is 2.66. The number of hydrogen-bond donors (Lipinski definition) is 2. The standard InChI is InChI=1S/C19H25N3O6S2/c1-2-14-29(24,25)21-16-8-6-15(7-9-16)20-19(23)17-10-11-18(28-17)30(26,27)22-12-4-3-5-13-22/h6-11,21H,2-5,12-14H2,1H3,(H,20,23). The molecule has 1 aromatic carbocycles. The summed E-state index contributed by atoms with van der Waals surface area (Å²) in [5.74, 6) is -0.708. The molecule has 1 aliphatic heterocycles. The largest absolute Gasteiger partial charge is 0.438 e. The van der Waals surface area contributed by atoms with Gasteiger partial charge in [-0.25, -0.2) is 16.8 Å². The molecule has 0 bridgehead atoms. The SMILES string of the molecule is CCCS(=O)(=O)Nc1ccc(NC(=O)c2ccc(S(=O)(=O)N3CCCCC3)o2)cc1. The van der Waals surface area contributed by atoms with Crippen LogP contribution in [0.1, 0.15) is 43.2 Å². The molecule has 30 heavy (non-hydrogen) atoms. The summed E-state index contributed by atoms with van der Waals surface area (Å²) in [7, 11) is -7.15. The fourth-order valence-electron chi connectivity index (χ4n) is 3.13. The zero-order valence-corrected chi connectivity index (χ0v) is 18.3. The third-order valence-corrected chi connectivity index (χ3v) is 7.87. The Bertz CT molecular complexity index is 1090. The summed E-state index contributed by atoms with van der Waals surface area (Å²) >= 11 is 0. The molecule has 3 rings (SSSR count). The highest BCUT2D eigenvalue weighted by Gasteiger charge is 2.29. The average molecular weight is 456 g/mol. The Hall–Kier alpha value is -2.37. The molecular weight excluding hydrogens is 430 g/mol. The van der Waals surface area contributed by atoms with Crippen molar-refractivity contribution < 1.29 is 26.0 Å². The Morgan fingerprint density at radius 3 is 2.23 bits per heavy atom. The van der Waals surface area contributed by atoms with Gasteiger partial charge in [-0.05, 0) is 55.7 Å². The number of furan rings is 1. The van der Waals surface area contributed by atoms with Crippen LogP contribution in [-0.4, -0.2) is 45.9 Å². The number of rotatable bonds is 8. The van der Waals surface area contributed by atoms with Crippen LogP contribution in [0, 0.1) is 0 Å². The predicted molar refractivity (Wildman–Crippen MR) is 113 cm³/mol. The van der Waals surface area contributed by atoms with Gasteiger partial charge in [0.05, 0.1) is 5.75 Å². The van der Waals surface area contributed by atoms with E-state index in [-0.39, 0.29) is 16.6 Å². The monoisotopic (exact) mass is 455 g/mol. The summed E-state index contributed by atoms with van der Waals surface area (Å²) in [5.41, 5.74) is 0.796. The van der Waals surface area contributed by atoms with E-state index in [9.17, 15) is 21.6 Å². The topological polar surface area (TPSA) is 126 Å². The van der Waals surface area contributed by atoms with Gasteiger partial charge in [-0.15, -0.1) is 0 Å². The fourth-order valence-corrected chi connectivity index (χ4v) is 5.69. The number of amides is 1. The van der Waals surface area contributed by atoms with Gasteiger partial charge in [0.25, 0.3) is 15.9 Å². The molecule has 164 valence electrons. The Morgan fingerprint density at radius 1 is 0.967 bits per heavy atom. The first-order chi connectivity index (χ1) is 14.2. The molecule has 2 N–H and O–H groups in total. The van der Waals surface area contributed by atoms with Crippen molar-refractivity contribution in [3.63, 3.8) is 0 Å². The molecule has 2 aromatic rings. The number of carbonyl (C=O) groups excluding carboxylic acids is 1. The number of carbonyl (C=O) groups is 1. The van der Waals surface area contributed by atoms with E-state index in [1.54, 1.807) is 6.92 Å². The van der Waals surface area contributed by atoms with Crippen molar-refractivity contribution in [2.24, 2.45) is 0 Å². The van der Waals surface area contributed by atoms with Crippen LogP contribution in [0.4, 0.5) is 11.4 Å². The number of sulfonamides is 2. The number of nitrogens with one attached hydrogen (secondary N) is 2. The van der Waals surface area contributed by atoms with Crippen LogP contribution in [-0.2, 0) is 20.0 Å². The normalized spacial score (nSPS) is 15.6. The number of benzene rings is 1. The molecule has 1 aliphatic rings. The van der Waals surface area contributed by atoms with Crippen LogP contribution in [0.5, 0.6) is 0 Å². The van der Waals surface area contributed by atoms with Crippen LogP contribution < -0.4 is 10.0 Å². The van der Waals surface area contributed by atoms with E-state index >= 15 is 0 Å². The predicted octanol–water partition coefficient (Wildman–Crippen LogP) is 2.86. The summed E-state index contributed by atoms with van der Waals surface area (Å²) in [6, 6.07) is 8.73. The third-order valence-electron chi connectivity index (χ3n) is 4.60. The van der Waals surface area contributed by atoms with Crippen molar-refractivity contribution in [3.05, 3.63) is 42.2 Å². The molecular formula is C19H25N3O6S2. The van der Waals surface area contributed by atoms with Gasteiger partial charge < -0.3 is 9.73 Å². The number of nitrogens with zero attached hydrogens (tertiary/aromatic N) is 1. The van der Waals surface area contributed by atoms with E-state index in [4.69, 9.17) is 4.42 Å². The van der Waals surface area contributed by atoms with Gasteiger partial charge in [0, 0.05) is 24.5 Å². The van der Waals surface area contributed by atoms with E-state index in [1.807, 2.05) is 0 Å². The van der Waals surface area contributed by atoms with Gasteiger partial charge in [0.2, 0.25) is 15.1 Å². The second-order valence-electron chi connectivity index (χ2n) is 7.04. The lowest BCUT2D eigenvalue weighted by atomic mass is 10.2. The van der Waals surface area contributed by atoms with Gasteiger partial charge in [0.15, 0.2) is 5.76 Å². The molecule has 1 fully saturated rings. The minimum Gasteiger partial charge on any atom is -0.438 e. The second-order valence-corrected chi connectivity index (χ2v) is 10.7. The van der Waals surface area contributed by atoms with E-state index in [0.29, 0.717) is 30.9 Å². The first-order valence-electron chi connectivity index (χ1n) is 9.73. The maximum absolute atomic E-state index is 12.6. The molecule has 11 heteroatoms. The van der Waals surface area contributed by atoms with Crippen molar-refractivity contribution >= 4 is 37.3 Å². The quantitative estimate of drug-likeness (QED) is 0.630. The third kappa shape index (κ3) is 5.41. The van der Waals surface area contributed by atoms with Gasteiger partial charge in [-0.1, -0.05) is 13.3 Å². The van der Waals surface area contributed by atoms with Gasteiger partial charge in [0.1, 0.15) is 0 Å². The van der Waals surface area contributed by atoms with Crippen molar-refractivity contribution in [1.82, 2.24) is 4.31 Å². The lowest BCUT2D eigenvalue weighted by Gasteiger charge is -2.24. The maximum atomic E-state index is 12.6. The Kier molecular flexibility index (Phi) is 6.84. The Balaban J connectivity index is 1.65. The Labute approximate surface area is 176 Å². The highest BCUT2D eigenvalue weighted by molar-refractivity contribution is 7.92. The fraction of sp³-hybridized carbons (Fsp3) is 0.421. The van der Waals surface area contributed by atoms with Crippen LogP contribution >= 0.6 is 0 Å². The second kappa shape index (κ2) is 9.19. The molecule has 0 radical (unpaired) electrons. The summed E-state index contributed by atoms with van der Waals surface area (Å²) in [4.78, 5) is 12.4. The minimum atomic E-state index is -3.75. The highest BCUT2D eigenvalue weighted by atomic mass is 32.2. The molecule has 0 unspecified atom stereocenters. The highest BCUT2D eigenvalue weighted by Crippen LogP contribution is 2.23. The van der Waals surface area contributed by atoms with Crippen molar-refractivity contribution in [3.8, 4) is 0 Å². The summed E-state index contributed by atoms with van der Waals surface area (Å²) < 4.78 is 58.0. The minimum absolute atomic E-state index is 0.0205. The van der Waals surface area contributed by atoms with Crippen LogP contribution in [0.15, 0.2) is 45.9 Å². The zero-order chi connectivity index (χ0) is 21.8. The van der Waals surface area contributed by atoms with Crippen LogP contribution in [0.25, 0.3) is 0 Å². The smallest absolute Gasteiger partial charge is 0.291 e. The first kappa shape index (κ1) is 22.3. The van der Waals surface area contributed by atoms with Crippen LogP contribution in [0.2, 0.25) is 0 Å². The Morgan fingerprint density at radius 2 is 1.60 bits per heavy atom. The van der Waals surface area contributed by atoms with Crippen molar-refractivity contribution in [1.29, 1.82) is 0 Å². The molecule has 1 aromatic heterocycles. The van der Waals surface area contributed by atoms with E-state index in [2.05, 4.69) is 10.0 Å². The molecule has 0 atom stereocenters. The number of anilines is 2. The van der Waals surface area contributed by atoms with Gasteiger partial charge in [-0.2, -0.15) is 4.31 Å². The number of piperidine rings is 1. The molecule has 0 saturated carbocycles.